The predicted molar refractivity (Wildman–Crippen MR) is 92.3 cm³/mol. The summed E-state index contributed by atoms with van der Waals surface area (Å²) in [6.45, 7) is 0. The zero-order valence-electron chi connectivity index (χ0n) is 13.3. The summed E-state index contributed by atoms with van der Waals surface area (Å²) in [6.07, 6.45) is 7.71. The van der Waals surface area contributed by atoms with Crippen LogP contribution in [-0.2, 0) is 6.42 Å². The molecular formula is C18H22N4S. The highest BCUT2D eigenvalue weighted by atomic mass is 32.2. The molecule has 1 aromatic heterocycles. The van der Waals surface area contributed by atoms with Gasteiger partial charge in [0.2, 0.25) is 0 Å². The van der Waals surface area contributed by atoms with E-state index in [1.165, 1.54) is 37.7 Å². The van der Waals surface area contributed by atoms with Crippen LogP contribution in [0.25, 0.3) is 0 Å². The topological polar surface area (TPSA) is 54.5 Å². The van der Waals surface area contributed by atoms with E-state index in [0.717, 1.165) is 23.2 Å². The molecule has 0 atom stereocenters. The predicted octanol–water partition coefficient (Wildman–Crippen LogP) is 4.38. The van der Waals surface area contributed by atoms with Crippen molar-refractivity contribution >= 4 is 11.8 Å². The molecule has 4 nitrogen and oxygen atoms in total. The summed E-state index contributed by atoms with van der Waals surface area (Å²) in [7, 11) is 0. The maximum atomic E-state index is 8.76. The Morgan fingerprint density at radius 3 is 2.65 bits per heavy atom. The minimum atomic E-state index is 0.516. The normalized spacial score (nSPS) is 15.4. The Kier molecular flexibility index (Phi) is 5.71. The first-order valence-electron chi connectivity index (χ1n) is 8.36. The average molecular weight is 326 g/mol. The van der Waals surface area contributed by atoms with Crippen molar-refractivity contribution in [2.45, 2.75) is 56.1 Å². The Morgan fingerprint density at radius 2 is 1.91 bits per heavy atom. The molecule has 0 amide bonds. The number of thioether (sulfide) groups is 1. The van der Waals surface area contributed by atoms with Crippen LogP contribution in [0.3, 0.4) is 0 Å². The van der Waals surface area contributed by atoms with Gasteiger partial charge in [-0.25, -0.2) is 0 Å². The van der Waals surface area contributed by atoms with Gasteiger partial charge in [0.25, 0.3) is 0 Å². The molecule has 1 aliphatic rings. The molecular weight excluding hydrogens is 304 g/mol. The van der Waals surface area contributed by atoms with Gasteiger partial charge in [0.05, 0.1) is 6.07 Å². The van der Waals surface area contributed by atoms with Crippen molar-refractivity contribution in [3.8, 4) is 6.07 Å². The number of hydrogen-bond acceptors (Lipinski definition) is 4. The van der Waals surface area contributed by atoms with Crippen LogP contribution in [-0.4, -0.2) is 20.5 Å². The molecule has 0 spiro atoms. The van der Waals surface area contributed by atoms with E-state index in [1.807, 2.05) is 6.07 Å². The average Bonchev–Trinajstić information content (AvgIpc) is 2.99. The zero-order chi connectivity index (χ0) is 15.9. The summed E-state index contributed by atoms with van der Waals surface area (Å²) in [5.41, 5.74) is 1.27. The molecule has 0 radical (unpaired) electrons. The van der Waals surface area contributed by atoms with Crippen molar-refractivity contribution in [3.05, 3.63) is 41.7 Å². The van der Waals surface area contributed by atoms with E-state index in [1.54, 1.807) is 11.8 Å². The molecule has 0 bridgehead atoms. The lowest BCUT2D eigenvalue weighted by molar-refractivity contribution is 0.330. The van der Waals surface area contributed by atoms with Gasteiger partial charge in [0.1, 0.15) is 5.82 Å². The largest absolute Gasteiger partial charge is 0.303 e. The molecule has 1 fully saturated rings. The van der Waals surface area contributed by atoms with E-state index in [4.69, 9.17) is 5.26 Å². The molecule has 3 rings (SSSR count). The summed E-state index contributed by atoms with van der Waals surface area (Å²) in [6, 6.07) is 13.2. The fraction of sp³-hybridized carbons (Fsp3) is 0.500. The van der Waals surface area contributed by atoms with Crippen molar-refractivity contribution in [3.63, 3.8) is 0 Å². The van der Waals surface area contributed by atoms with Gasteiger partial charge in [-0.15, -0.1) is 10.2 Å². The second-order valence-corrected chi connectivity index (χ2v) is 7.04. The molecule has 1 aromatic carbocycles. The maximum absolute atomic E-state index is 8.76. The van der Waals surface area contributed by atoms with E-state index < -0.39 is 0 Å². The SMILES string of the molecule is N#CCCSc1nnc(Cc2ccccc2)n1C1CCCCC1. The van der Waals surface area contributed by atoms with E-state index in [0.29, 0.717) is 12.5 Å². The molecule has 0 N–H and O–H groups in total. The summed E-state index contributed by atoms with van der Waals surface area (Å²) in [4.78, 5) is 0. The van der Waals surface area contributed by atoms with E-state index in [9.17, 15) is 0 Å². The van der Waals surface area contributed by atoms with Crippen LogP contribution in [0, 0.1) is 11.3 Å². The number of nitrogens with zero attached hydrogens (tertiary/aromatic N) is 4. The van der Waals surface area contributed by atoms with Gasteiger partial charge in [-0.05, 0) is 18.4 Å². The fourth-order valence-corrected chi connectivity index (χ4v) is 4.07. The summed E-state index contributed by atoms with van der Waals surface area (Å²) in [5, 5.41) is 18.6. The van der Waals surface area contributed by atoms with Crippen molar-refractivity contribution in [1.82, 2.24) is 14.8 Å². The Morgan fingerprint density at radius 1 is 1.13 bits per heavy atom. The second-order valence-electron chi connectivity index (χ2n) is 5.98. The number of nitriles is 1. The lowest BCUT2D eigenvalue weighted by atomic mass is 9.95. The van der Waals surface area contributed by atoms with Crippen LogP contribution in [0.1, 0.15) is 56.0 Å². The van der Waals surface area contributed by atoms with E-state index in [-0.39, 0.29) is 0 Å². The van der Waals surface area contributed by atoms with Gasteiger partial charge in [-0.1, -0.05) is 61.4 Å². The Hall–Kier alpha value is -1.80. The van der Waals surface area contributed by atoms with Crippen molar-refractivity contribution in [2.75, 3.05) is 5.75 Å². The molecule has 1 saturated carbocycles. The number of hydrogen-bond donors (Lipinski definition) is 0. The maximum Gasteiger partial charge on any atom is 0.191 e. The van der Waals surface area contributed by atoms with Gasteiger partial charge in [-0.3, -0.25) is 0 Å². The lowest BCUT2D eigenvalue weighted by Gasteiger charge is -2.25. The highest BCUT2D eigenvalue weighted by molar-refractivity contribution is 7.99. The Bertz CT molecular complexity index is 653. The van der Waals surface area contributed by atoms with Crippen LogP contribution in [0.2, 0.25) is 0 Å². The van der Waals surface area contributed by atoms with Gasteiger partial charge in [0.15, 0.2) is 5.16 Å². The third-order valence-electron chi connectivity index (χ3n) is 4.33. The van der Waals surface area contributed by atoms with Crippen LogP contribution < -0.4 is 0 Å². The first kappa shape index (κ1) is 16.1. The van der Waals surface area contributed by atoms with Crippen LogP contribution in [0.15, 0.2) is 35.5 Å². The quantitative estimate of drug-likeness (QED) is 0.584. The number of benzene rings is 1. The minimum absolute atomic E-state index is 0.516. The van der Waals surface area contributed by atoms with Crippen molar-refractivity contribution < 1.29 is 0 Å². The Labute approximate surface area is 141 Å². The second kappa shape index (κ2) is 8.16. The monoisotopic (exact) mass is 326 g/mol. The molecule has 1 heterocycles. The van der Waals surface area contributed by atoms with E-state index >= 15 is 0 Å². The van der Waals surface area contributed by atoms with Crippen LogP contribution >= 0.6 is 11.8 Å². The molecule has 23 heavy (non-hydrogen) atoms. The van der Waals surface area contributed by atoms with Crippen LogP contribution in [0.5, 0.6) is 0 Å². The standard InChI is InChI=1S/C18H22N4S/c19-12-7-13-23-18-21-20-17(14-15-8-3-1-4-9-15)22(18)16-10-5-2-6-11-16/h1,3-4,8-9,16H,2,5-7,10-11,13-14H2. The van der Waals surface area contributed by atoms with Gasteiger partial charge in [0, 0.05) is 24.6 Å². The van der Waals surface area contributed by atoms with Gasteiger partial charge < -0.3 is 4.57 Å². The summed E-state index contributed by atoms with van der Waals surface area (Å²) < 4.78 is 2.36. The van der Waals surface area contributed by atoms with Crippen molar-refractivity contribution in [2.24, 2.45) is 0 Å². The number of rotatable bonds is 6. The number of aromatic nitrogens is 3. The first-order valence-corrected chi connectivity index (χ1v) is 9.34. The highest BCUT2D eigenvalue weighted by Crippen LogP contribution is 2.33. The van der Waals surface area contributed by atoms with E-state index in [2.05, 4.69) is 45.1 Å². The first-order chi connectivity index (χ1) is 11.4. The van der Waals surface area contributed by atoms with Gasteiger partial charge in [-0.2, -0.15) is 5.26 Å². The molecule has 0 saturated heterocycles. The minimum Gasteiger partial charge on any atom is -0.303 e. The fourth-order valence-electron chi connectivity index (χ4n) is 3.20. The van der Waals surface area contributed by atoms with Crippen molar-refractivity contribution in [1.29, 1.82) is 5.26 Å². The lowest BCUT2D eigenvalue weighted by Crippen LogP contribution is -2.17. The molecule has 0 aliphatic heterocycles. The molecule has 0 unspecified atom stereocenters. The van der Waals surface area contributed by atoms with Gasteiger partial charge >= 0.3 is 0 Å². The summed E-state index contributed by atoms with van der Waals surface area (Å²) >= 11 is 1.66. The molecule has 120 valence electrons. The molecule has 1 aliphatic carbocycles. The molecule has 2 aromatic rings. The van der Waals surface area contributed by atoms with Crippen LogP contribution in [0.4, 0.5) is 0 Å². The third kappa shape index (κ3) is 4.14. The smallest absolute Gasteiger partial charge is 0.191 e. The summed E-state index contributed by atoms with van der Waals surface area (Å²) in [5.74, 6) is 1.84. The zero-order valence-corrected chi connectivity index (χ0v) is 14.1. The molecule has 5 heteroatoms. The highest BCUT2D eigenvalue weighted by Gasteiger charge is 2.22. The third-order valence-corrected chi connectivity index (χ3v) is 5.27. The Balaban J connectivity index is 1.84.